The minimum atomic E-state index is -0.266. The zero-order valence-electron chi connectivity index (χ0n) is 17.8. The highest BCUT2D eigenvalue weighted by atomic mass is 32.2. The molecule has 0 saturated heterocycles. The van der Waals surface area contributed by atoms with Crippen molar-refractivity contribution in [2.24, 2.45) is 17.8 Å². The summed E-state index contributed by atoms with van der Waals surface area (Å²) in [7, 11) is 0. The average molecular weight is 426 g/mol. The molecule has 2 aromatic rings. The molecule has 6 heteroatoms. The number of benzene rings is 1. The molecule has 4 fully saturated rings. The van der Waals surface area contributed by atoms with Crippen LogP contribution in [0.4, 0.5) is 0 Å². The van der Waals surface area contributed by atoms with Crippen LogP contribution >= 0.6 is 11.8 Å². The van der Waals surface area contributed by atoms with E-state index < -0.39 is 0 Å². The lowest BCUT2D eigenvalue weighted by molar-refractivity contribution is -0.120. The second-order valence-electron chi connectivity index (χ2n) is 9.89. The summed E-state index contributed by atoms with van der Waals surface area (Å²) in [5.74, 6) is 3.65. The highest BCUT2D eigenvalue weighted by Crippen LogP contribution is 2.60. The highest BCUT2D eigenvalue weighted by Gasteiger charge is 2.54. The van der Waals surface area contributed by atoms with Crippen LogP contribution in [0.25, 0.3) is 0 Å². The second-order valence-corrected chi connectivity index (χ2v) is 11.2. The maximum absolute atomic E-state index is 12.6. The SMILES string of the molecule is C[C@@H](Sc1nnc(C23CC4CC(CC(C4)C2)C3)o1)C(=O)NC[C@H](C)c1ccccc1. The van der Waals surface area contributed by atoms with Gasteiger partial charge in [-0.15, -0.1) is 10.2 Å². The number of hydrogen-bond donors (Lipinski definition) is 1. The average Bonchev–Trinajstić information content (AvgIpc) is 3.21. The summed E-state index contributed by atoms with van der Waals surface area (Å²) in [6.45, 7) is 4.65. The van der Waals surface area contributed by atoms with E-state index in [0.717, 1.165) is 23.6 Å². The van der Waals surface area contributed by atoms with Gasteiger partial charge in [0, 0.05) is 12.0 Å². The molecule has 4 bridgehead atoms. The first-order valence-electron chi connectivity index (χ1n) is 11.3. The van der Waals surface area contributed by atoms with E-state index in [0.29, 0.717) is 11.8 Å². The fraction of sp³-hybridized carbons (Fsp3) is 0.625. The molecule has 0 spiro atoms. The van der Waals surface area contributed by atoms with Gasteiger partial charge in [0.1, 0.15) is 0 Å². The van der Waals surface area contributed by atoms with Crippen molar-refractivity contribution < 1.29 is 9.21 Å². The van der Waals surface area contributed by atoms with Crippen molar-refractivity contribution in [1.29, 1.82) is 0 Å². The molecule has 0 unspecified atom stereocenters. The van der Waals surface area contributed by atoms with E-state index in [2.05, 4.69) is 34.6 Å². The lowest BCUT2D eigenvalue weighted by Crippen LogP contribution is -2.48. The van der Waals surface area contributed by atoms with E-state index in [1.54, 1.807) is 0 Å². The summed E-state index contributed by atoms with van der Waals surface area (Å²) in [6, 6.07) is 10.3. The Kier molecular flexibility index (Phi) is 5.38. The Morgan fingerprint density at radius 3 is 2.37 bits per heavy atom. The number of nitrogens with one attached hydrogen (secondary N) is 1. The third-order valence-corrected chi connectivity index (χ3v) is 8.43. The third-order valence-electron chi connectivity index (χ3n) is 7.50. The molecule has 6 rings (SSSR count). The Morgan fingerprint density at radius 2 is 1.73 bits per heavy atom. The lowest BCUT2D eigenvalue weighted by atomic mass is 9.49. The Morgan fingerprint density at radius 1 is 1.10 bits per heavy atom. The van der Waals surface area contributed by atoms with E-state index in [-0.39, 0.29) is 22.5 Å². The van der Waals surface area contributed by atoms with Gasteiger partial charge in [-0.1, -0.05) is 49.0 Å². The fourth-order valence-corrected chi connectivity index (χ4v) is 7.05. The quantitative estimate of drug-likeness (QED) is 0.637. The summed E-state index contributed by atoms with van der Waals surface area (Å²) in [5.41, 5.74) is 1.34. The maximum Gasteiger partial charge on any atom is 0.277 e. The molecule has 1 N–H and O–H groups in total. The van der Waals surface area contributed by atoms with Crippen LogP contribution in [-0.4, -0.2) is 27.9 Å². The van der Waals surface area contributed by atoms with Crippen molar-refractivity contribution >= 4 is 17.7 Å². The number of amides is 1. The molecule has 0 aliphatic heterocycles. The second kappa shape index (κ2) is 8.03. The molecule has 1 aromatic carbocycles. The number of aromatic nitrogens is 2. The van der Waals surface area contributed by atoms with Crippen molar-refractivity contribution in [3.8, 4) is 0 Å². The molecular weight excluding hydrogens is 394 g/mol. The van der Waals surface area contributed by atoms with Crippen LogP contribution in [0, 0.1) is 17.8 Å². The van der Waals surface area contributed by atoms with Crippen molar-refractivity contribution in [2.45, 2.75) is 74.2 Å². The zero-order valence-corrected chi connectivity index (χ0v) is 18.7. The predicted molar refractivity (Wildman–Crippen MR) is 117 cm³/mol. The van der Waals surface area contributed by atoms with Gasteiger partial charge in [0.05, 0.1) is 5.25 Å². The van der Waals surface area contributed by atoms with Crippen LogP contribution in [0.3, 0.4) is 0 Å². The first kappa shape index (κ1) is 20.1. The van der Waals surface area contributed by atoms with E-state index in [1.807, 2.05) is 25.1 Å². The predicted octanol–water partition coefficient (Wildman–Crippen LogP) is 4.94. The van der Waals surface area contributed by atoms with Gasteiger partial charge >= 0.3 is 0 Å². The number of rotatable bonds is 7. The maximum atomic E-state index is 12.6. The van der Waals surface area contributed by atoms with Crippen molar-refractivity contribution in [3.63, 3.8) is 0 Å². The van der Waals surface area contributed by atoms with Crippen LogP contribution in [-0.2, 0) is 10.2 Å². The Labute approximate surface area is 182 Å². The van der Waals surface area contributed by atoms with Crippen molar-refractivity contribution in [2.75, 3.05) is 6.54 Å². The van der Waals surface area contributed by atoms with E-state index >= 15 is 0 Å². The number of carbonyl (C=O) groups is 1. The van der Waals surface area contributed by atoms with Gasteiger partial charge in [0.25, 0.3) is 5.22 Å². The lowest BCUT2D eigenvalue weighted by Gasteiger charge is -2.55. The van der Waals surface area contributed by atoms with Gasteiger partial charge in [-0.25, -0.2) is 0 Å². The minimum Gasteiger partial charge on any atom is -0.415 e. The fourth-order valence-electron chi connectivity index (χ4n) is 6.35. The van der Waals surface area contributed by atoms with E-state index in [4.69, 9.17) is 4.42 Å². The van der Waals surface area contributed by atoms with Crippen molar-refractivity contribution in [3.05, 3.63) is 41.8 Å². The van der Waals surface area contributed by atoms with Crippen LogP contribution in [0.15, 0.2) is 40.0 Å². The summed E-state index contributed by atoms with van der Waals surface area (Å²) >= 11 is 1.37. The van der Waals surface area contributed by atoms with Crippen LogP contribution in [0.1, 0.15) is 69.7 Å². The first-order chi connectivity index (χ1) is 14.5. The van der Waals surface area contributed by atoms with Gasteiger partial charge < -0.3 is 9.73 Å². The molecule has 4 saturated carbocycles. The van der Waals surface area contributed by atoms with Gasteiger partial charge in [0.15, 0.2) is 0 Å². The molecule has 4 aliphatic carbocycles. The first-order valence-corrected chi connectivity index (χ1v) is 12.2. The normalized spacial score (nSPS) is 31.5. The molecule has 0 radical (unpaired) electrons. The van der Waals surface area contributed by atoms with Crippen molar-refractivity contribution in [1.82, 2.24) is 15.5 Å². The monoisotopic (exact) mass is 425 g/mol. The zero-order chi connectivity index (χ0) is 20.7. The third kappa shape index (κ3) is 3.91. The molecular formula is C24H31N3O2S. The summed E-state index contributed by atoms with van der Waals surface area (Å²) in [5, 5.41) is 12.1. The highest BCUT2D eigenvalue weighted by molar-refractivity contribution is 8.00. The smallest absolute Gasteiger partial charge is 0.277 e. The minimum absolute atomic E-state index is 0.0114. The molecule has 4 aliphatic rings. The van der Waals surface area contributed by atoms with Crippen LogP contribution in [0.2, 0.25) is 0 Å². The standard InChI is InChI=1S/C24H31N3O2S/c1-15(20-6-4-3-5-7-20)14-25-21(28)16(2)30-23-27-26-22(29-23)24-11-17-8-18(12-24)10-19(9-17)13-24/h3-7,15-19H,8-14H2,1-2H3,(H,25,28)/t15-,16+,17?,18?,19?,24?/m0/s1. The molecule has 5 nitrogen and oxygen atoms in total. The topological polar surface area (TPSA) is 68.0 Å². The van der Waals surface area contributed by atoms with E-state index in [1.165, 1.54) is 55.9 Å². The molecule has 1 aromatic heterocycles. The Hall–Kier alpha value is -1.82. The Balaban J connectivity index is 1.18. The summed E-state index contributed by atoms with van der Waals surface area (Å²) in [4.78, 5) is 12.6. The van der Waals surface area contributed by atoms with Crippen LogP contribution in [0.5, 0.6) is 0 Å². The molecule has 30 heavy (non-hydrogen) atoms. The molecule has 1 amide bonds. The largest absolute Gasteiger partial charge is 0.415 e. The van der Waals surface area contributed by atoms with Gasteiger partial charge in [-0.2, -0.15) is 0 Å². The number of hydrogen-bond acceptors (Lipinski definition) is 5. The number of nitrogens with zero attached hydrogens (tertiary/aromatic N) is 2. The number of thioether (sulfide) groups is 1. The molecule has 2 atom stereocenters. The van der Waals surface area contributed by atoms with E-state index in [9.17, 15) is 4.79 Å². The summed E-state index contributed by atoms with van der Waals surface area (Å²) < 4.78 is 6.14. The van der Waals surface area contributed by atoms with Gasteiger partial charge in [0.2, 0.25) is 11.8 Å². The van der Waals surface area contributed by atoms with Gasteiger partial charge in [-0.3, -0.25) is 4.79 Å². The molecule has 160 valence electrons. The number of carbonyl (C=O) groups excluding carboxylic acids is 1. The molecule has 1 heterocycles. The Bertz CT molecular complexity index is 862. The van der Waals surface area contributed by atoms with Crippen LogP contribution < -0.4 is 5.32 Å². The summed E-state index contributed by atoms with van der Waals surface area (Å²) in [6.07, 6.45) is 7.81. The van der Waals surface area contributed by atoms with Gasteiger partial charge in [-0.05, 0) is 74.7 Å².